The highest BCUT2D eigenvalue weighted by atomic mass is 16.3. The summed E-state index contributed by atoms with van der Waals surface area (Å²) in [5.74, 6) is 0.247. The fourth-order valence-corrected chi connectivity index (χ4v) is 2.00. The summed E-state index contributed by atoms with van der Waals surface area (Å²) in [4.78, 5) is 0. The van der Waals surface area contributed by atoms with Gasteiger partial charge in [0.25, 0.3) is 0 Å². The Morgan fingerprint density at radius 2 is 2.21 bits per heavy atom. The lowest BCUT2D eigenvalue weighted by molar-refractivity contribution is 0.00148. The summed E-state index contributed by atoms with van der Waals surface area (Å²) in [5, 5.41) is 18.9. The van der Waals surface area contributed by atoms with E-state index in [1.807, 2.05) is 20.8 Å². The molecule has 0 aliphatic heterocycles. The van der Waals surface area contributed by atoms with Crippen LogP contribution in [0.3, 0.4) is 0 Å². The Bertz CT molecular complexity index is 282. The number of hydrogen-bond donors (Lipinski definition) is 1. The maximum Gasteiger partial charge on any atom is 0.0752 e. The quantitative estimate of drug-likeness (QED) is 0.651. The van der Waals surface area contributed by atoms with Gasteiger partial charge in [0, 0.05) is 0 Å². The highest BCUT2D eigenvalue weighted by Crippen LogP contribution is 2.44. The molecule has 0 aromatic carbocycles. The molecule has 0 saturated heterocycles. The van der Waals surface area contributed by atoms with Crippen LogP contribution in [-0.2, 0) is 0 Å². The minimum atomic E-state index is -0.653. The molecule has 0 bridgehead atoms. The second kappa shape index (κ2) is 3.40. The van der Waals surface area contributed by atoms with Crippen LogP contribution >= 0.6 is 0 Å². The van der Waals surface area contributed by atoms with Crippen LogP contribution in [0, 0.1) is 22.7 Å². The van der Waals surface area contributed by atoms with Gasteiger partial charge < -0.3 is 5.11 Å². The molecule has 78 valence electrons. The van der Waals surface area contributed by atoms with Crippen molar-refractivity contribution in [2.75, 3.05) is 0 Å². The molecule has 0 spiro atoms. The van der Waals surface area contributed by atoms with E-state index in [1.165, 1.54) is 0 Å². The van der Waals surface area contributed by atoms with Crippen molar-refractivity contribution < 1.29 is 5.11 Å². The van der Waals surface area contributed by atoms with E-state index < -0.39 is 5.60 Å². The van der Waals surface area contributed by atoms with Crippen molar-refractivity contribution in [3.63, 3.8) is 0 Å². The maximum atomic E-state index is 9.88. The molecule has 2 nitrogen and oxygen atoms in total. The number of nitrogens with zero attached hydrogens (tertiary/aromatic N) is 1. The van der Waals surface area contributed by atoms with Gasteiger partial charge in [-0.1, -0.05) is 12.2 Å². The molecule has 0 aromatic rings. The van der Waals surface area contributed by atoms with Gasteiger partial charge in [-0.3, -0.25) is 0 Å². The van der Waals surface area contributed by atoms with Crippen LogP contribution in [0.5, 0.6) is 0 Å². The Morgan fingerprint density at radius 1 is 1.64 bits per heavy atom. The van der Waals surface area contributed by atoms with Crippen LogP contribution in [0.25, 0.3) is 0 Å². The summed E-state index contributed by atoms with van der Waals surface area (Å²) < 4.78 is 0. The molecular weight excluding hydrogens is 174 g/mol. The smallest absolute Gasteiger partial charge is 0.0752 e. The molecule has 14 heavy (non-hydrogen) atoms. The van der Waals surface area contributed by atoms with Gasteiger partial charge in [0.1, 0.15) is 0 Å². The van der Waals surface area contributed by atoms with Crippen molar-refractivity contribution in [3.05, 3.63) is 12.2 Å². The molecule has 2 heteroatoms. The minimum absolute atomic E-state index is 0.247. The van der Waals surface area contributed by atoms with Crippen molar-refractivity contribution in [1.29, 1.82) is 5.26 Å². The van der Waals surface area contributed by atoms with E-state index in [1.54, 1.807) is 0 Å². The average molecular weight is 193 g/mol. The lowest BCUT2D eigenvalue weighted by Crippen LogP contribution is -2.37. The lowest BCUT2D eigenvalue weighted by Gasteiger charge is -2.39. The number of nitriles is 1. The zero-order chi connectivity index (χ0) is 11.0. The zero-order valence-electron chi connectivity index (χ0n) is 9.30. The van der Waals surface area contributed by atoms with Crippen molar-refractivity contribution in [2.45, 2.75) is 45.6 Å². The molecule has 0 heterocycles. The number of rotatable bonds is 1. The van der Waals surface area contributed by atoms with Gasteiger partial charge in [-0.25, -0.2) is 0 Å². The van der Waals surface area contributed by atoms with Gasteiger partial charge in [0.2, 0.25) is 0 Å². The lowest BCUT2D eigenvalue weighted by atomic mass is 9.66. The van der Waals surface area contributed by atoms with Gasteiger partial charge in [0.15, 0.2) is 0 Å². The van der Waals surface area contributed by atoms with E-state index >= 15 is 0 Å². The second-order valence-electron chi connectivity index (χ2n) is 5.14. The third kappa shape index (κ3) is 1.99. The average Bonchev–Trinajstić information content (AvgIpc) is 2.08. The number of hydrogen-bond acceptors (Lipinski definition) is 2. The third-order valence-corrected chi connectivity index (χ3v) is 3.51. The van der Waals surface area contributed by atoms with Gasteiger partial charge >= 0.3 is 0 Å². The fourth-order valence-electron chi connectivity index (χ4n) is 2.00. The summed E-state index contributed by atoms with van der Waals surface area (Å²) in [5.41, 5.74) is -0.0556. The zero-order valence-corrected chi connectivity index (χ0v) is 9.30. The highest BCUT2D eigenvalue weighted by Gasteiger charge is 2.39. The first kappa shape index (κ1) is 11.3. The SMILES string of the molecule is C=C1CC(C(C)(C)O)CCC1(C)C#N. The van der Waals surface area contributed by atoms with E-state index in [-0.39, 0.29) is 11.3 Å². The molecule has 1 rings (SSSR count). The predicted molar refractivity (Wildman–Crippen MR) is 56.5 cm³/mol. The summed E-state index contributed by atoms with van der Waals surface area (Å²) >= 11 is 0. The number of aliphatic hydroxyl groups is 1. The van der Waals surface area contributed by atoms with E-state index in [9.17, 15) is 5.11 Å². The molecule has 1 N–H and O–H groups in total. The molecule has 1 aliphatic rings. The Kier molecular flexibility index (Phi) is 2.74. The first-order valence-electron chi connectivity index (χ1n) is 5.11. The van der Waals surface area contributed by atoms with Gasteiger partial charge in [0.05, 0.1) is 17.1 Å². The number of allylic oxidation sites excluding steroid dienone is 1. The van der Waals surface area contributed by atoms with E-state index in [0.717, 1.165) is 24.8 Å². The van der Waals surface area contributed by atoms with E-state index in [0.29, 0.717) is 0 Å². The monoisotopic (exact) mass is 193 g/mol. The summed E-state index contributed by atoms with van der Waals surface area (Å²) in [6.45, 7) is 9.58. The van der Waals surface area contributed by atoms with Gasteiger partial charge in [-0.15, -0.1) is 0 Å². The molecule has 2 unspecified atom stereocenters. The van der Waals surface area contributed by atoms with E-state index in [2.05, 4.69) is 12.6 Å². The van der Waals surface area contributed by atoms with Crippen LogP contribution in [0.1, 0.15) is 40.0 Å². The van der Waals surface area contributed by atoms with Crippen LogP contribution < -0.4 is 0 Å². The fraction of sp³-hybridized carbons (Fsp3) is 0.750. The second-order valence-corrected chi connectivity index (χ2v) is 5.14. The molecule has 2 atom stereocenters. The maximum absolute atomic E-state index is 9.88. The molecule has 1 saturated carbocycles. The summed E-state index contributed by atoms with van der Waals surface area (Å²) in [7, 11) is 0. The Balaban J connectivity index is 2.76. The van der Waals surface area contributed by atoms with E-state index in [4.69, 9.17) is 5.26 Å². The largest absolute Gasteiger partial charge is 0.390 e. The first-order valence-corrected chi connectivity index (χ1v) is 5.11. The van der Waals surface area contributed by atoms with Crippen molar-refractivity contribution in [2.24, 2.45) is 11.3 Å². The molecular formula is C12H19NO. The molecule has 0 radical (unpaired) electrons. The summed E-state index contributed by atoms with van der Waals surface area (Å²) in [6.07, 6.45) is 2.50. The van der Waals surface area contributed by atoms with Crippen molar-refractivity contribution >= 4 is 0 Å². The van der Waals surface area contributed by atoms with Gasteiger partial charge in [-0.05, 0) is 46.0 Å². The van der Waals surface area contributed by atoms with Crippen LogP contribution in [-0.4, -0.2) is 10.7 Å². The van der Waals surface area contributed by atoms with Gasteiger partial charge in [-0.2, -0.15) is 5.26 Å². The highest BCUT2D eigenvalue weighted by molar-refractivity contribution is 5.22. The van der Waals surface area contributed by atoms with Crippen LogP contribution in [0.2, 0.25) is 0 Å². The van der Waals surface area contributed by atoms with Crippen molar-refractivity contribution in [1.82, 2.24) is 0 Å². The molecule has 0 amide bonds. The topological polar surface area (TPSA) is 44.0 Å². The third-order valence-electron chi connectivity index (χ3n) is 3.51. The Labute approximate surface area is 86.2 Å². The minimum Gasteiger partial charge on any atom is -0.390 e. The summed E-state index contributed by atoms with van der Waals surface area (Å²) in [6, 6.07) is 2.32. The standard InChI is InChI=1S/C12H19NO/c1-9-7-10(11(2,3)14)5-6-12(9,4)8-13/h10,14H,1,5-7H2,2-4H3. The van der Waals surface area contributed by atoms with Crippen LogP contribution in [0.4, 0.5) is 0 Å². The molecule has 0 aromatic heterocycles. The normalized spacial score (nSPS) is 33.9. The first-order chi connectivity index (χ1) is 6.29. The Hall–Kier alpha value is -0.810. The van der Waals surface area contributed by atoms with Crippen LogP contribution in [0.15, 0.2) is 12.2 Å². The molecule has 1 aliphatic carbocycles. The molecule has 1 fully saturated rings. The predicted octanol–water partition coefficient (Wildman–Crippen LogP) is 2.64. The van der Waals surface area contributed by atoms with Crippen molar-refractivity contribution in [3.8, 4) is 6.07 Å². The Morgan fingerprint density at radius 3 is 2.57 bits per heavy atom.